The fraction of sp³-hybridized carbons (Fsp3) is 0.812. The first kappa shape index (κ1) is 21.3. The van der Waals surface area contributed by atoms with Gasteiger partial charge in [0, 0.05) is 30.7 Å². The number of imide groups is 1. The number of amides is 3. The highest BCUT2D eigenvalue weighted by molar-refractivity contribution is 7.98. The van der Waals surface area contributed by atoms with E-state index in [1.807, 2.05) is 26.4 Å². The third kappa shape index (κ3) is 5.39. The number of nitrogens with two attached hydrogens (primary N) is 1. The maximum absolute atomic E-state index is 12.6. The van der Waals surface area contributed by atoms with Gasteiger partial charge in [-0.15, -0.1) is 0 Å². The molecule has 1 fully saturated rings. The van der Waals surface area contributed by atoms with Crippen LogP contribution in [0.3, 0.4) is 0 Å². The van der Waals surface area contributed by atoms with Gasteiger partial charge in [-0.25, -0.2) is 0 Å². The fourth-order valence-electron chi connectivity index (χ4n) is 2.81. The summed E-state index contributed by atoms with van der Waals surface area (Å²) in [4.78, 5) is 38.5. The molecule has 1 aliphatic heterocycles. The molecule has 3 atom stereocenters. The highest BCUT2D eigenvalue weighted by atomic mass is 32.2. The van der Waals surface area contributed by atoms with Crippen LogP contribution in [0, 0.1) is 11.8 Å². The van der Waals surface area contributed by atoms with Crippen molar-refractivity contribution in [1.29, 1.82) is 0 Å². The van der Waals surface area contributed by atoms with Gasteiger partial charge in [0.15, 0.2) is 0 Å². The van der Waals surface area contributed by atoms with Crippen LogP contribution in [0.2, 0.25) is 0 Å². The molecule has 0 bridgehead atoms. The third-order valence-corrected chi connectivity index (χ3v) is 5.62. The molecule has 1 heterocycles. The number of hydrogen-bond acceptors (Lipinski definition) is 6. The lowest BCUT2D eigenvalue weighted by atomic mass is 9.94. The summed E-state index contributed by atoms with van der Waals surface area (Å²) in [7, 11) is 0. The maximum atomic E-state index is 12.6. The molecule has 0 aromatic heterocycles. The van der Waals surface area contributed by atoms with Crippen LogP contribution in [-0.2, 0) is 14.4 Å². The Balaban J connectivity index is 2.81. The summed E-state index contributed by atoms with van der Waals surface area (Å²) >= 11 is 3.38. The number of nitrogens with zero attached hydrogens (tertiary/aromatic N) is 1. The molecule has 1 rings (SSSR count). The molecule has 6 nitrogen and oxygen atoms in total. The predicted octanol–water partition coefficient (Wildman–Crippen LogP) is 0.946. The molecular weight excluding hydrogens is 346 g/mol. The summed E-state index contributed by atoms with van der Waals surface area (Å²) in [6.45, 7) is 3.77. The molecule has 0 spiro atoms. The van der Waals surface area contributed by atoms with Crippen LogP contribution in [0.25, 0.3) is 0 Å². The van der Waals surface area contributed by atoms with Gasteiger partial charge in [-0.2, -0.15) is 23.5 Å². The zero-order chi connectivity index (χ0) is 18.3. The highest BCUT2D eigenvalue weighted by Gasteiger charge is 2.45. The third-order valence-electron chi connectivity index (χ3n) is 4.24. The first-order valence-corrected chi connectivity index (χ1v) is 11.0. The van der Waals surface area contributed by atoms with Gasteiger partial charge in [0.1, 0.15) is 6.04 Å². The molecule has 0 saturated carbocycles. The number of nitrogens with one attached hydrogen (secondary N) is 1. The van der Waals surface area contributed by atoms with Crippen molar-refractivity contribution in [2.24, 2.45) is 17.6 Å². The summed E-state index contributed by atoms with van der Waals surface area (Å²) in [6.07, 6.45) is 5.02. The quantitative estimate of drug-likeness (QED) is 0.552. The molecule has 3 N–H and O–H groups in total. The zero-order valence-electron chi connectivity index (χ0n) is 14.9. The first-order chi connectivity index (χ1) is 11.4. The minimum Gasteiger partial charge on any atom is -0.351 e. The van der Waals surface area contributed by atoms with Crippen molar-refractivity contribution in [2.75, 3.05) is 30.6 Å². The second-order valence-corrected chi connectivity index (χ2v) is 8.25. The van der Waals surface area contributed by atoms with E-state index < -0.39 is 6.04 Å². The van der Waals surface area contributed by atoms with E-state index in [2.05, 4.69) is 5.32 Å². The number of thioether (sulfide) groups is 2. The van der Waals surface area contributed by atoms with Crippen molar-refractivity contribution in [1.82, 2.24) is 10.2 Å². The molecule has 3 unspecified atom stereocenters. The van der Waals surface area contributed by atoms with Crippen LogP contribution in [0.15, 0.2) is 0 Å². The van der Waals surface area contributed by atoms with E-state index in [-0.39, 0.29) is 48.6 Å². The lowest BCUT2D eigenvalue weighted by Gasteiger charge is -2.27. The number of hydrogen-bond donors (Lipinski definition) is 2. The summed E-state index contributed by atoms with van der Waals surface area (Å²) in [5.74, 6) is 0.553. The molecule has 8 heteroatoms. The van der Waals surface area contributed by atoms with Crippen LogP contribution in [-0.4, -0.2) is 65.3 Å². The fourth-order valence-corrected chi connectivity index (χ4v) is 3.98. The van der Waals surface area contributed by atoms with Gasteiger partial charge in [0.2, 0.25) is 17.7 Å². The van der Waals surface area contributed by atoms with Gasteiger partial charge in [0.05, 0.1) is 0 Å². The SMILES string of the molecule is CSCCC(CSC)NC(=O)C(CN)N1C(=O)CC(C(C)C)C1=O. The monoisotopic (exact) mass is 375 g/mol. The van der Waals surface area contributed by atoms with Gasteiger partial charge < -0.3 is 11.1 Å². The van der Waals surface area contributed by atoms with Gasteiger partial charge in [-0.05, 0) is 30.6 Å². The Morgan fingerprint density at radius 3 is 2.46 bits per heavy atom. The van der Waals surface area contributed by atoms with Crippen LogP contribution in [0.1, 0.15) is 26.7 Å². The lowest BCUT2D eigenvalue weighted by Crippen LogP contribution is -2.55. The molecule has 0 aromatic carbocycles. The van der Waals surface area contributed by atoms with E-state index in [9.17, 15) is 14.4 Å². The summed E-state index contributed by atoms with van der Waals surface area (Å²) in [6, 6.07) is -0.893. The van der Waals surface area contributed by atoms with E-state index in [1.165, 1.54) is 0 Å². The smallest absolute Gasteiger partial charge is 0.244 e. The van der Waals surface area contributed by atoms with E-state index in [0.717, 1.165) is 22.8 Å². The molecule has 3 amide bonds. The molecule has 0 aliphatic carbocycles. The van der Waals surface area contributed by atoms with Gasteiger partial charge in [-0.3, -0.25) is 19.3 Å². The predicted molar refractivity (Wildman–Crippen MR) is 101 cm³/mol. The minimum atomic E-state index is -0.910. The number of carbonyl (C=O) groups excluding carboxylic acids is 3. The van der Waals surface area contributed by atoms with Gasteiger partial charge >= 0.3 is 0 Å². The molecule has 24 heavy (non-hydrogen) atoms. The van der Waals surface area contributed by atoms with E-state index in [4.69, 9.17) is 5.73 Å². The van der Waals surface area contributed by atoms with Crippen molar-refractivity contribution >= 4 is 41.2 Å². The van der Waals surface area contributed by atoms with Crippen LogP contribution >= 0.6 is 23.5 Å². The van der Waals surface area contributed by atoms with Crippen LogP contribution < -0.4 is 11.1 Å². The van der Waals surface area contributed by atoms with Crippen molar-refractivity contribution in [2.45, 2.75) is 38.8 Å². The Kier molecular flexibility index (Phi) is 9.15. The number of carbonyl (C=O) groups is 3. The van der Waals surface area contributed by atoms with Crippen molar-refractivity contribution in [3.05, 3.63) is 0 Å². The normalized spacial score (nSPS) is 20.6. The standard InChI is InChI=1S/C16H29N3O3S2/c1-10(2)12-7-14(20)19(16(12)22)13(8-17)15(21)18-11(9-24-4)5-6-23-3/h10-13H,5-9,17H2,1-4H3,(H,18,21). The summed E-state index contributed by atoms with van der Waals surface area (Å²) < 4.78 is 0. The van der Waals surface area contributed by atoms with Crippen molar-refractivity contribution in [3.8, 4) is 0 Å². The number of rotatable bonds is 10. The molecule has 0 radical (unpaired) electrons. The Morgan fingerprint density at radius 1 is 1.33 bits per heavy atom. The van der Waals surface area contributed by atoms with Crippen LogP contribution in [0.4, 0.5) is 0 Å². The second-order valence-electron chi connectivity index (χ2n) is 6.35. The highest BCUT2D eigenvalue weighted by Crippen LogP contribution is 2.28. The van der Waals surface area contributed by atoms with E-state index in [0.29, 0.717) is 0 Å². The van der Waals surface area contributed by atoms with Gasteiger partial charge in [-0.1, -0.05) is 13.8 Å². The van der Waals surface area contributed by atoms with Crippen LogP contribution in [0.5, 0.6) is 0 Å². The van der Waals surface area contributed by atoms with Gasteiger partial charge in [0.25, 0.3) is 0 Å². The average molecular weight is 376 g/mol. The molecule has 1 saturated heterocycles. The lowest BCUT2D eigenvalue weighted by molar-refractivity contribution is -0.147. The average Bonchev–Trinajstić information content (AvgIpc) is 2.82. The molecule has 138 valence electrons. The molecular formula is C16H29N3O3S2. The molecule has 1 aliphatic rings. The Hall–Kier alpha value is -0.730. The minimum absolute atomic E-state index is 0.0164. The summed E-state index contributed by atoms with van der Waals surface area (Å²) in [5.41, 5.74) is 5.73. The molecule has 0 aromatic rings. The maximum Gasteiger partial charge on any atom is 0.244 e. The number of likely N-dealkylation sites (tertiary alicyclic amines) is 1. The summed E-state index contributed by atoms with van der Waals surface area (Å²) in [5, 5.41) is 2.97. The Morgan fingerprint density at radius 2 is 2.00 bits per heavy atom. The first-order valence-electron chi connectivity index (χ1n) is 8.21. The van der Waals surface area contributed by atoms with Crippen molar-refractivity contribution < 1.29 is 14.4 Å². The topological polar surface area (TPSA) is 92.5 Å². The van der Waals surface area contributed by atoms with E-state index in [1.54, 1.807) is 23.5 Å². The van der Waals surface area contributed by atoms with E-state index >= 15 is 0 Å². The van der Waals surface area contributed by atoms with Crippen molar-refractivity contribution in [3.63, 3.8) is 0 Å². The largest absolute Gasteiger partial charge is 0.351 e. The Bertz CT molecular complexity index is 460. The second kappa shape index (κ2) is 10.3. The zero-order valence-corrected chi connectivity index (χ0v) is 16.5. The Labute approximate surface area is 153 Å².